The van der Waals surface area contributed by atoms with E-state index in [1.54, 1.807) is 6.07 Å². The van der Waals surface area contributed by atoms with Crippen LogP contribution in [-0.4, -0.2) is 24.0 Å². The van der Waals surface area contributed by atoms with Crippen LogP contribution in [0, 0.1) is 5.82 Å². The van der Waals surface area contributed by atoms with Crippen LogP contribution in [0.4, 0.5) is 4.39 Å². The number of hydrogen-bond acceptors (Lipinski definition) is 3. The molecule has 0 saturated carbocycles. The zero-order valence-corrected chi connectivity index (χ0v) is 12.8. The molecule has 4 heteroatoms. The number of carbonyl (C=O) groups excluding carboxylic acids is 1. The van der Waals surface area contributed by atoms with Crippen LogP contribution < -0.4 is 0 Å². The summed E-state index contributed by atoms with van der Waals surface area (Å²) in [7, 11) is 0. The van der Waals surface area contributed by atoms with E-state index in [-0.39, 0.29) is 5.82 Å². The fourth-order valence-corrected chi connectivity index (χ4v) is 3.66. The summed E-state index contributed by atoms with van der Waals surface area (Å²) in [5.74, 6) is -0.782. The quantitative estimate of drug-likeness (QED) is 0.795. The zero-order chi connectivity index (χ0) is 15.9. The van der Waals surface area contributed by atoms with Crippen LogP contribution in [0.1, 0.15) is 34.3 Å². The van der Waals surface area contributed by atoms with Crippen molar-refractivity contribution >= 4 is 5.97 Å². The summed E-state index contributed by atoms with van der Waals surface area (Å²) in [4.78, 5) is 14.4. The highest BCUT2D eigenvalue weighted by Crippen LogP contribution is 2.44. The zero-order valence-electron chi connectivity index (χ0n) is 12.8. The van der Waals surface area contributed by atoms with Gasteiger partial charge in [0.15, 0.2) is 0 Å². The number of hydrogen-bond donors (Lipinski definition) is 0. The molecule has 4 rings (SSSR count). The molecule has 0 unspecified atom stereocenters. The Hall–Kier alpha value is -2.20. The smallest absolute Gasteiger partial charge is 0.339 e. The van der Waals surface area contributed by atoms with Crippen LogP contribution in [0.2, 0.25) is 0 Å². The molecule has 1 saturated heterocycles. The number of nitrogens with zero attached hydrogens (tertiary/aromatic N) is 1. The van der Waals surface area contributed by atoms with Crippen LogP contribution in [-0.2, 0) is 16.9 Å². The minimum Gasteiger partial charge on any atom is -0.450 e. The first-order chi connectivity index (χ1) is 11.2. The van der Waals surface area contributed by atoms with Crippen molar-refractivity contribution < 1.29 is 13.9 Å². The van der Waals surface area contributed by atoms with Crippen LogP contribution in [0.25, 0.3) is 0 Å². The van der Waals surface area contributed by atoms with E-state index in [2.05, 4.69) is 17.0 Å². The molecule has 1 spiro atoms. The molecule has 2 aromatic rings. The molecule has 2 aromatic carbocycles. The normalized spacial score (nSPS) is 19.6. The van der Waals surface area contributed by atoms with Gasteiger partial charge in [0.1, 0.15) is 11.4 Å². The standard InChI is InChI=1S/C19H18FNO2/c20-15-6-7-17-16(12-15)18(22)23-19(17)8-10-21(11-9-19)13-14-4-2-1-3-5-14/h1-7,12H,8-11,13H2. The summed E-state index contributed by atoms with van der Waals surface area (Å²) < 4.78 is 19.1. The van der Waals surface area contributed by atoms with Crippen LogP contribution in [0.15, 0.2) is 48.5 Å². The third-order valence-corrected chi connectivity index (χ3v) is 4.89. The number of likely N-dealkylation sites (tertiary alicyclic amines) is 1. The molecule has 2 heterocycles. The maximum absolute atomic E-state index is 13.4. The summed E-state index contributed by atoms with van der Waals surface area (Å²) in [6.07, 6.45) is 1.51. The lowest BCUT2D eigenvalue weighted by atomic mass is 9.83. The predicted molar refractivity (Wildman–Crippen MR) is 84.4 cm³/mol. The molecule has 0 N–H and O–H groups in total. The molecule has 0 aliphatic carbocycles. The minimum absolute atomic E-state index is 0.390. The van der Waals surface area contributed by atoms with Crippen molar-refractivity contribution in [2.45, 2.75) is 25.0 Å². The second kappa shape index (κ2) is 5.46. The number of halogens is 1. The summed E-state index contributed by atoms with van der Waals surface area (Å²) >= 11 is 0. The minimum atomic E-state index is -0.562. The highest BCUT2D eigenvalue weighted by atomic mass is 19.1. The number of rotatable bonds is 2. The fourth-order valence-electron chi connectivity index (χ4n) is 3.66. The van der Waals surface area contributed by atoms with Gasteiger partial charge in [0.2, 0.25) is 0 Å². The Kier molecular flexibility index (Phi) is 3.42. The first kappa shape index (κ1) is 14.4. The Bertz CT molecular complexity index is 736. The van der Waals surface area contributed by atoms with Crippen molar-refractivity contribution in [2.75, 3.05) is 13.1 Å². The van der Waals surface area contributed by atoms with E-state index < -0.39 is 11.6 Å². The molecular formula is C19H18FNO2. The molecule has 118 valence electrons. The third-order valence-electron chi connectivity index (χ3n) is 4.89. The Morgan fingerprint density at radius 2 is 1.83 bits per heavy atom. The number of benzene rings is 2. The monoisotopic (exact) mass is 311 g/mol. The van der Waals surface area contributed by atoms with E-state index in [4.69, 9.17) is 4.74 Å². The van der Waals surface area contributed by atoms with Gasteiger partial charge >= 0.3 is 5.97 Å². The molecule has 1 fully saturated rings. The molecule has 0 amide bonds. The Balaban J connectivity index is 1.51. The van der Waals surface area contributed by atoms with Crippen molar-refractivity contribution in [1.29, 1.82) is 0 Å². The highest BCUT2D eigenvalue weighted by Gasteiger charge is 2.47. The van der Waals surface area contributed by atoms with Crippen LogP contribution in [0.5, 0.6) is 0 Å². The van der Waals surface area contributed by atoms with E-state index in [9.17, 15) is 9.18 Å². The number of esters is 1. The van der Waals surface area contributed by atoms with Gasteiger partial charge in [-0.2, -0.15) is 0 Å². The molecular weight excluding hydrogens is 293 g/mol. The van der Waals surface area contributed by atoms with Gasteiger partial charge in [0.25, 0.3) is 0 Å². The Morgan fingerprint density at radius 1 is 1.09 bits per heavy atom. The SMILES string of the molecule is O=C1OC2(CCN(Cc3ccccc3)CC2)c2ccc(F)cc21. The second-order valence-corrected chi connectivity index (χ2v) is 6.34. The number of carbonyl (C=O) groups is 1. The molecule has 2 aliphatic rings. The molecule has 0 atom stereocenters. The second-order valence-electron chi connectivity index (χ2n) is 6.34. The van der Waals surface area contributed by atoms with Crippen molar-refractivity contribution in [3.8, 4) is 0 Å². The summed E-state index contributed by atoms with van der Waals surface area (Å²) in [5, 5.41) is 0. The van der Waals surface area contributed by atoms with Crippen molar-refractivity contribution in [3.63, 3.8) is 0 Å². The Labute approximate surface area is 134 Å². The number of ether oxygens (including phenoxy) is 1. The number of piperidine rings is 1. The molecule has 23 heavy (non-hydrogen) atoms. The molecule has 2 aliphatic heterocycles. The van der Waals surface area contributed by atoms with Gasteiger partial charge in [-0.1, -0.05) is 36.4 Å². The van der Waals surface area contributed by atoms with Crippen LogP contribution >= 0.6 is 0 Å². The van der Waals surface area contributed by atoms with E-state index in [0.717, 1.165) is 38.0 Å². The van der Waals surface area contributed by atoms with Gasteiger partial charge in [-0.15, -0.1) is 0 Å². The average Bonchev–Trinajstić information content (AvgIpc) is 2.83. The fraction of sp³-hybridized carbons (Fsp3) is 0.316. The lowest BCUT2D eigenvalue weighted by Gasteiger charge is -2.38. The van der Waals surface area contributed by atoms with Crippen LogP contribution in [0.3, 0.4) is 0 Å². The van der Waals surface area contributed by atoms with E-state index in [0.29, 0.717) is 5.56 Å². The summed E-state index contributed by atoms with van der Waals surface area (Å²) in [6, 6.07) is 14.8. The average molecular weight is 311 g/mol. The molecule has 0 aromatic heterocycles. The van der Waals surface area contributed by atoms with Gasteiger partial charge in [0.05, 0.1) is 5.56 Å². The first-order valence-corrected chi connectivity index (χ1v) is 7.96. The van der Waals surface area contributed by atoms with Gasteiger partial charge in [0, 0.05) is 38.0 Å². The molecule has 0 radical (unpaired) electrons. The lowest BCUT2D eigenvalue weighted by Crippen LogP contribution is -2.42. The van der Waals surface area contributed by atoms with Crippen molar-refractivity contribution in [2.24, 2.45) is 0 Å². The van der Waals surface area contributed by atoms with Gasteiger partial charge in [-0.3, -0.25) is 4.90 Å². The largest absolute Gasteiger partial charge is 0.450 e. The van der Waals surface area contributed by atoms with E-state index >= 15 is 0 Å². The first-order valence-electron chi connectivity index (χ1n) is 7.96. The highest BCUT2D eigenvalue weighted by molar-refractivity contribution is 5.94. The Morgan fingerprint density at radius 3 is 2.57 bits per heavy atom. The third kappa shape index (κ3) is 2.53. The lowest BCUT2D eigenvalue weighted by molar-refractivity contribution is -0.0440. The maximum atomic E-state index is 13.4. The van der Waals surface area contributed by atoms with E-state index in [1.165, 1.54) is 17.7 Å². The topological polar surface area (TPSA) is 29.5 Å². The van der Waals surface area contributed by atoms with Gasteiger partial charge < -0.3 is 4.74 Å². The molecule has 0 bridgehead atoms. The van der Waals surface area contributed by atoms with E-state index in [1.807, 2.05) is 18.2 Å². The summed E-state index contributed by atoms with van der Waals surface area (Å²) in [6.45, 7) is 2.62. The number of fused-ring (bicyclic) bond motifs is 2. The predicted octanol–water partition coefficient (Wildman–Crippen LogP) is 3.49. The van der Waals surface area contributed by atoms with Crippen molar-refractivity contribution in [1.82, 2.24) is 4.90 Å². The van der Waals surface area contributed by atoms with Gasteiger partial charge in [-0.05, 0) is 17.7 Å². The summed E-state index contributed by atoms with van der Waals surface area (Å²) in [5.41, 5.74) is 1.96. The maximum Gasteiger partial charge on any atom is 0.339 e. The van der Waals surface area contributed by atoms with Crippen molar-refractivity contribution in [3.05, 3.63) is 71.0 Å². The van der Waals surface area contributed by atoms with Gasteiger partial charge in [-0.25, -0.2) is 9.18 Å². The molecule has 3 nitrogen and oxygen atoms in total.